The lowest BCUT2D eigenvalue weighted by Crippen LogP contribution is -2.35. The molecule has 17 heavy (non-hydrogen) atoms. The van der Waals surface area contributed by atoms with Crippen LogP contribution in [-0.2, 0) is 10.3 Å². The molecule has 0 unspecified atom stereocenters. The molecule has 0 fully saturated rings. The lowest BCUT2D eigenvalue weighted by atomic mass is 9.95. The van der Waals surface area contributed by atoms with E-state index in [4.69, 9.17) is 10.5 Å². The second kappa shape index (κ2) is 5.60. The Morgan fingerprint density at radius 1 is 1.41 bits per heavy atom. The minimum absolute atomic E-state index is 0.359. The zero-order valence-electron chi connectivity index (χ0n) is 10.9. The molecule has 1 aromatic heterocycles. The highest BCUT2D eigenvalue weighted by molar-refractivity contribution is 7.12. The Bertz CT molecular complexity index is 397. The van der Waals surface area contributed by atoms with Gasteiger partial charge in [-0.1, -0.05) is 13.8 Å². The molecule has 5 heteroatoms. The van der Waals surface area contributed by atoms with Crippen molar-refractivity contribution in [2.24, 2.45) is 5.73 Å². The number of nitrogens with two attached hydrogens (primary N) is 1. The van der Waals surface area contributed by atoms with Crippen molar-refractivity contribution in [3.8, 4) is 0 Å². The number of ether oxygens (including phenoxy) is 1. The highest BCUT2D eigenvalue weighted by Gasteiger charge is 2.29. The third-order valence-corrected chi connectivity index (χ3v) is 4.14. The van der Waals surface area contributed by atoms with Gasteiger partial charge < -0.3 is 10.5 Å². The summed E-state index contributed by atoms with van der Waals surface area (Å²) in [6.45, 7) is 8.08. The first-order chi connectivity index (χ1) is 7.98. The SMILES string of the molecule is CCOC(=O)c1nc(C(N)(CC)CC)sc1C. The van der Waals surface area contributed by atoms with Gasteiger partial charge in [0.1, 0.15) is 5.01 Å². The van der Waals surface area contributed by atoms with Crippen molar-refractivity contribution in [2.45, 2.75) is 46.1 Å². The summed E-state index contributed by atoms with van der Waals surface area (Å²) >= 11 is 1.49. The zero-order valence-corrected chi connectivity index (χ0v) is 11.7. The third kappa shape index (κ3) is 2.84. The van der Waals surface area contributed by atoms with E-state index in [0.29, 0.717) is 12.3 Å². The fourth-order valence-electron chi connectivity index (χ4n) is 1.55. The lowest BCUT2D eigenvalue weighted by Gasteiger charge is -2.23. The quantitative estimate of drug-likeness (QED) is 0.822. The van der Waals surface area contributed by atoms with Gasteiger partial charge >= 0.3 is 5.97 Å². The first-order valence-corrected chi connectivity index (χ1v) is 6.74. The van der Waals surface area contributed by atoms with E-state index in [1.54, 1.807) is 6.92 Å². The van der Waals surface area contributed by atoms with Crippen LogP contribution in [0.4, 0.5) is 0 Å². The predicted octanol–water partition coefficient (Wildman–Crippen LogP) is 2.60. The van der Waals surface area contributed by atoms with Crippen LogP contribution in [0.3, 0.4) is 0 Å². The molecule has 2 N–H and O–H groups in total. The molecule has 0 aliphatic carbocycles. The van der Waals surface area contributed by atoms with Gasteiger partial charge in [0.15, 0.2) is 5.69 Å². The summed E-state index contributed by atoms with van der Waals surface area (Å²) in [5.74, 6) is -0.359. The molecular formula is C12H20N2O2S. The number of aryl methyl sites for hydroxylation is 1. The third-order valence-electron chi connectivity index (χ3n) is 2.95. The van der Waals surface area contributed by atoms with Crippen molar-refractivity contribution in [1.29, 1.82) is 0 Å². The highest BCUT2D eigenvalue weighted by Crippen LogP contribution is 2.31. The van der Waals surface area contributed by atoms with E-state index in [1.165, 1.54) is 11.3 Å². The summed E-state index contributed by atoms with van der Waals surface area (Å²) in [5.41, 5.74) is 6.25. The van der Waals surface area contributed by atoms with Gasteiger partial charge in [0.2, 0.25) is 0 Å². The summed E-state index contributed by atoms with van der Waals surface area (Å²) in [6.07, 6.45) is 1.61. The summed E-state index contributed by atoms with van der Waals surface area (Å²) < 4.78 is 4.97. The number of esters is 1. The first-order valence-electron chi connectivity index (χ1n) is 5.92. The van der Waals surface area contributed by atoms with Crippen molar-refractivity contribution < 1.29 is 9.53 Å². The maximum Gasteiger partial charge on any atom is 0.358 e. The topological polar surface area (TPSA) is 65.2 Å². The standard InChI is InChI=1S/C12H20N2O2S/c1-5-12(13,6-2)11-14-9(8(4)17-11)10(15)16-7-3/h5-7,13H2,1-4H3. The molecule has 0 atom stereocenters. The number of nitrogens with zero attached hydrogens (tertiary/aromatic N) is 1. The molecule has 0 saturated heterocycles. The molecule has 0 aromatic carbocycles. The fourth-order valence-corrected chi connectivity index (χ4v) is 2.70. The molecule has 1 heterocycles. The van der Waals surface area contributed by atoms with Gasteiger partial charge in [0.05, 0.1) is 12.1 Å². The van der Waals surface area contributed by atoms with Crippen LogP contribution in [0.25, 0.3) is 0 Å². The van der Waals surface area contributed by atoms with Gasteiger partial charge in [-0.05, 0) is 26.7 Å². The van der Waals surface area contributed by atoms with Crippen LogP contribution in [0.2, 0.25) is 0 Å². The van der Waals surface area contributed by atoms with Crippen molar-refractivity contribution >= 4 is 17.3 Å². The van der Waals surface area contributed by atoms with E-state index in [2.05, 4.69) is 4.98 Å². The van der Waals surface area contributed by atoms with Crippen molar-refractivity contribution in [1.82, 2.24) is 4.98 Å². The van der Waals surface area contributed by atoms with Crippen LogP contribution in [0, 0.1) is 6.92 Å². The average molecular weight is 256 g/mol. The van der Waals surface area contributed by atoms with Crippen LogP contribution < -0.4 is 5.73 Å². The Hall–Kier alpha value is -0.940. The Morgan fingerprint density at radius 2 is 2.00 bits per heavy atom. The summed E-state index contributed by atoms with van der Waals surface area (Å²) in [4.78, 5) is 16.9. The van der Waals surface area contributed by atoms with Gasteiger partial charge in [-0.25, -0.2) is 9.78 Å². The largest absolute Gasteiger partial charge is 0.461 e. The number of carbonyl (C=O) groups excluding carboxylic acids is 1. The van der Waals surface area contributed by atoms with E-state index in [0.717, 1.165) is 22.7 Å². The van der Waals surface area contributed by atoms with Gasteiger partial charge in [-0.2, -0.15) is 0 Å². The number of hydrogen-bond donors (Lipinski definition) is 1. The molecule has 0 aliphatic heterocycles. The normalized spacial score (nSPS) is 11.6. The number of rotatable bonds is 5. The van der Waals surface area contributed by atoms with Crippen molar-refractivity contribution in [2.75, 3.05) is 6.61 Å². The minimum atomic E-state index is -0.430. The summed E-state index contributed by atoms with van der Waals surface area (Å²) in [5, 5.41) is 0.822. The molecule has 0 radical (unpaired) electrons. The Kier molecular flexibility index (Phi) is 4.65. The molecule has 0 bridgehead atoms. The first kappa shape index (κ1) is 14.1. The summed E-state index contributed by atoms with van der Waals surface area (Å²) in [7, 11) is 0. The molecule has 4 nitrogen and oxygen atoms in total. The molecule has 96 valence electrons. The van der Waals surface area contributed by atoms with E-state index in [-0.39, 0.29) is 5.97 Å². The molecule has 0 aliphatic rings. The minimum Gasteiger partial charge on any atom is -0.461 e. The molecule has 0 spiro atoms. The molecule has 1 rings (SSSR count). The van der Waals surface area contributed by atoms with Crippen LogP contribution >= 0.6 is 11.3 Å². The number of hydrogen-bond acceptors (Lipinski definition) is 5. The van der Waals surface area contributed by atoms with Gasteiger partial charge in [0.25, 0.3) is 0 Å². The molecule has 0 saturated carbocycles. The van der Waals surface area contributed by atoms with E-state index >= 15 is 0 Å². The molecule has 1 aromatic rings. The maximum absolute atomic E-state index is 11.7. The average Bonchev–Trinajstić information content (AvgIpc) is 2.71. The van der Waals surface area contributed by atoms with Crippen LogP contribution in [0.1, 0.15) is 54.0 Å². The maximum atomic E-state index is 11.7. The van der Waals surface area contributed by atoms with Crippen LogP contribution in [0.15, 0.2) is 0 Å². The highest BCUT2D eigenvalue weighted by atomic mass is 32.1. The van der Waals surface area contributed by atoms with E-state index < -0.39 is 5.54 Å². The number of carbonyl (C=O) groups is 1. The zero-order chi connectivity index (χ0) is 13.1. The predicted molar refractivity (Wildman–Crippen MR) is 69.3 cm³/mol. The van der Waals surface area contributed by atoms with E-state index in [1.807, 2.05) is 20.8 Å². The molecule has 0 amide bonds. The van der Waals surface area contributed by atoms with E-state index in [9.17, 15) is 4.79 Å². The Morgan fingerprint density at radius 3 is 2.47 bits per heavy atom. The van der Waals surface area contributed by atoms with Crippen molar-refractivity contribution in [3.63, 3.8) is 0 Å². The fraction of sp³-hybridized carbons (Fsp3) is 0.667. The summed E-state index contributed by atoms with van der Waals surface area (Å²) in [6, 6.07) is 0. The van der Waals surface area contributed by atoms with Gasteiger partial charge in [-0.15, -0.1) is 11.3 Å². The monoisotopic (exact) mass is 256 g/mol. The van der Waals surface area contributed by atoms with Crippen LogP contribution in [-0.4, -0.2) is 17.6 Å². The van der Waals surface area contributed by atoms with Crippen molar-refractivity contribution in [3.05, 3.63) is 15.6 Å². The second-order valence-electron chi connectivity index (χ2n) is 4.01. The second-order valence-corrected chi connectivity index (χ2v) is 5.21. The number of thiazole rings is 1. The van der Waals surface area contributed by atoms with Crippen LogP contribution in [0.5, 0.6) is 0 Å². The Balaban J connectivity index is 3.07. The number of aromatic nitrogens is 1. The van der Waals surface area contributed by atoms with Gasteiger partial charge in [-0.3, -0.25) is 0 Å². The van der Waals surface area contributed by atoms with Gasteiger partial charge in [0, 0.05) is 4.88 Å². The smallest absolute Gasteiger partial charge is 0.358 e. The molecular weight excluding hydrogens is 236 g/mol. The lowest BCUT2D eigenvalue weighted by molar-refractivity contribution is 0.0519. The Labute approximate surface area is 106 Å².